The molecule has 31 heavy (non-hydrogen) atoms. The summed E-state index contributed by atoms with van der Waals surface area (Å²) in [5, 5.41) is 4.86. The first-order valence-electron chi connectivity index (χ1n) is 10.3. The zero-order valence-electron chi connectivity index (χ0n) is 18.6. The molecule has 0 aliphatic heterocycles. The molecule has 2 N–H and O–H groups in total. The molecule has 1 aromatic heterocycles. The molecule has 1 heterocycles. The molecular formula is C24H30N4O2S. The Kier molecular flexibility index (Phi) is 7.65. The Balaban J connectivity index is 1.85. The Bertz CT molecular complexity index is 1110. The van der Waals surface area contributed by atoms with Crippen LogP contribution in [-0.2, 0) is 6.54 Å². The topological polar surface area (TPSA) is 60.6 Å². The first-order chi connectivity index (χ1) is 14.9. The molecule has 3 rings (SSSR count). The predicted octanol–water partition coefficient (Wildman–Crippen LogP) is 4.00. The van der Waals surface area contributed by atoms with Crippen LogP contribution in [0.4, 0.5) is 5.69 Å². The fourth-order valence-corrected chi connectivity index (χ4v) is 3.72. The normalized spacial score (nSPS) is 11.0. The number of nitrogens with one attached hydrogen (secondary N) is 2. The van der Waals surface area contributed by atoms with Crippen molar-refractivity contribution in [2.75, 3.05) is 39.6 Å². The second-order valence-electron chi connectivity index (χ2n) is 7.92. The van der Waals surface area contributed by atoms with Gasteiger partial charge in [0, 0.05) is 17.6 Å². The van der Waals surface area contributed by atoms with Crippen LogP contribution in [0.25, 0.3) is 10.9 Å². The van der Waals surface area contributed by atoms with Crippen LogP contribution in [0.2, 0.25) is 0 Å². The van der Waals surface area contributed by atoms with Gasteiger partial charge in [-0.3, -0.25) is 4.79 Å². The highest BCUT2D eigenvalue weighted by Gasteiger charge is 2.15. The maximum Gasteiger partial charge on any atom is 0.253 e. The van der Waals surface area contributed by atoms with Crippen LogP contribution in [0.5, 0.6) is 5.75 Å². The van der Waals surface area contributed by atoms with Crippen LogP contribution in [0.1, 0.15) is 17.5 Å². The number of ether oxygens (including phenoxy) is 1. The van der Waals surface area contributed by atoms with Crippen molar-refractivity contribution in [1.29, 1.82) is 0 Å². The van der Waals surface area contributed by atoms with Gasteiger partial charge in [-0.15, -0.1) is 0 Å². The second-order valence-corrected chi connectivity index (χ2v) is 8.31. The standard InChI is InChI=1S/C24H30N4O2S/c1-17-10-11-18-15-19(23(29)25-21(18)14-17)16-28(13-7-12-27(2)3)24(31)26-20-8-5-6-9-22(20)30-4/h5-6,8-11,14-15H,7,12-13,16H2,1-4H3,(H,25,29)(H,26,31). The number of fused-ring (bicyclic) bond motifs is 1. The van der Waals surface area contributed by atoms with Crippen LogP contribution >= 0.6 is 12.2 Å². The largest absolute Gasteiger partial charge is 0.495 e. The van der Waals surface area contributed by atoms with Crippen molar-refractivity contribution in [2.45, 2.75) is 19.9 Å². The number of hydrogen-bond donors (Lipinski definition) is 2. The average Bonchev–Trinajstić information content (AvgIpc) is 2.73. The molecule has 0 saturated carbocycles. The van der Waals surface area contributed by atoms with Gasteiger partial charge in [-0.05, 0) is 81.4 Å². The summed E-state index contributed by atoms with van der Waals surface area (Å²) in [5.41, 5.74) is 3.36. The molecule has 6 nitrogen and oxygen atoms in total. The van der Waals surface area contributed by atoms with Crippen molar-refractivity contribution in [3.8, 4) is 5.75 Å². The average molecular weight is 439 g/mol. The highest BCUT2D eigenvalue weighted by Crippen LogP contribution is 2.24. The van der Waals surface area contributed by atoms with Gasteiger partial charge in [0.1, 0.15) is 5.75 Å². The van der Waals surface area contributed by atoms with Crippen molar-refractivity contribution in [3.05, 3.63) is 70.0 Å². The maximum absolute atomic E-state index is 12.8. The van der Waals surface area contributed by atoms with Gasteiger partial charge in [0.25, 0.3) is 5.56 Å². The maximum atomic E-state index is 12.8. The van der Waals surface area contributed by atoms with Crippen molar-refractivity contribution in [1.82, 2.24) is 14.8 Å². The van der Waals surface area contributed by atoms with Crippen LogP contribution < -0.4 is 15.6 Å². The summed E-state index contributed by atoms with van der Waals surface area (Å²) in [6, 6.07) is 15.7. The summed E-state index contributed by atoms with van der Waals surface area (Å²) in [4.78, 5) is 20.0. The number of hydrogen-bond acceptors (Lipinski definition) is 4. The van der Waals surface area contributed by atoms with E-state index in [-0.39, 0.29) is 5.56 Å². The Hall–Kier alpha value is -2.90. The summed E-state index contributed by atoms with van der Waals surface area (Å²) in [6.07, 6.45) is 0.922. The van der Waals surface area contributed by atoms with Gasteiger partial charge in [-0.1, -0.05) is 24.3 Å². The van der Waals surface area contributed by atoms with E-state index in [1.165, 1.54) is 0 Å². The van der Waals surface area contributed by atoms with Crippen molar-refractivity contribution < 1.29 is 4.74 Å². The number of anilines is 1. The molecule has 0 saturated heterocycles. The number of nitrogens with zero attached hydrogens (tertiary/aromatic N) is 2. The van der Waals surface area contributed by atoms with Crippen molar-refractivity contribution in [2.24, 2.45) is 0 Å². The summed E-state index contributed by atoms with van der Waals surface area (Å²) < 4.78 is 5.43. The molecule has 0 fully saturated rings. The number of benzene rings is 2. The lowest BCUT2D eigenvalue weighted by Crippen LogP contribution is -2.37. The van der Waals surface area contributed by atoms with Gasteiger partial charge in [-0.25, -0.2) is 0 Å². The fourth-order valence-electron chi connectivity index (χ4n) is 3.46. The number of methoxy groups -OCH3 is 1. The summed E-state index contributed by atoms with van der Waals surface area (Å²) >= 11 is 5.73. The molecule has 0 spiro atoms. The van der Waals surface area contributed by atoms with Gasteiger partial charge >= 0.3 is 0 Å². The van der Waals surface area contributed by atoms with E-state index in [0.29, 0.717) is 17.2 Å². The Morgan fingerprint density at radius 3 is 2.65 bits per heavy atom. The molecule has 0 unspecified atom stereocenters. The minimum Gasteiger partial charge on any atom is -0.495 e. The van der Waals surface area contributed by atoms with E-state index in [1.54, 1.807) is 7.11 Å². The van der Waals surface area contributed by atoms with E-state index in [4.69, 9.17) is 17.0 Å². The van der Waals surface area contributed by atoms with Gasteiger partial charge in [0.05, 0.1) is 19.3 Å². The number of aryl methyl sites for hydroxylation is 1. The minimum absolute atomic E-state index is 0.0872. The highest BCUT2D eigenvalue weighted by atomic mass is 32.1. The molecule has 2 aromatic carbocycles. The van der Waals surface area contributed by atoms with Gasteiger partial charge in [0.15, 0.2) is 5.11 Å². The Labute approximate surface area is 188 Å². The lowest BCUT2D eigenvalue weighted by atomic mass is 10.1. The Morgan fingerprint density at radius 1 is 1.13 bits per heavy atom. The lowest BCUT2D eigenvalue weighted by Gasteiger charge is -2.27. The molecule has 0 bridgehead atoms. The zero-order chi connectivity index (χ0) is 22.4. The second kappa shape index (κ2) is 10.4. The number of H-pyrrole nitrogens is 1. The number of thiocarbonyl (C=S) groups is 1. The van der Waals surface area contributed by atoms with Crippen molar-refractivity contribution >= 4 is 33.9 Å². The number of para-hydroxylation sites is 2. The summed E-state index contributed by atoms with van der Waals surface area (Å²) in [6.45, 7) is 4.10. The molecule has 0 atom stereocenters. The quantitative estimate of drug-likeness (QED) is 0.519. The third-order valence-electron chi connectivity index (χ3n) is 5.11. The molecule has 0 aliphatic carbocycles. The zero-order valence-corrected chi connectivity index (χ0v) is 19.4. The van der Waals surface area contributed by atoms with E-state index < -0.39 is 0 Å². The lowest BCUT2D eigenvalue weighted by molar-refractivity contribution is 0.345. The third kappa shape index (κ3) is 6.06. The number of aromatic amines is 1. The SMILES string of the molecule is COc1ccccc1NC(=S)N(CCCN(C)C)Cc1cc2ccc(C)cc2[nH]c1=O. The molecular weight excluding hydrogens is 408 g/mol. The number of pyridine rings is 1. The van der Waals surface area contributed by atoms with Crippen molar-refractivity contribution in [3.63, 3.8) is 0 Å². The molecule has 0 aliphatic rings. The van der Waals surface area contributed by atoms with Crippen LogP contribution in [0, 0.1) is 6.92 Å². The van der Waals surface area contributed by atoms with Crippen LogP contribution in [0.15, 0.2) is 53.3 Å². The van der Waals surface area contributed by atoms with E-state index in [0.717, 1.165) is 47.4 Å². The molecule has 164 valence electrons. The third-order valence-corrected chi connectivity index (χ3v) is 5.47. The van der Waals surface area contributed by atoms with Gasteiger partial charge in [0.2, 0.25) is 0 Å². The van der Waals surface area contributed by atoms with E-state index in [1.807, 2.05) is 74.4 Å². The van der Waals surface area contributed by atoms with Crippen LogP contribution in [-0.4, -0.2) is 54.2 Å². The van der Waals surface area contributed by atoms with E-state index in [2.05, 4.69) is 15.2 Å². The highest BCUT2D eigenvalue weighted by molar-refractivity contribution is 7.80. The number of rotatable bonds is 8. The summed E-state index contributed by atoms with van der Waals surface area (Å²) in [7, 11) is 5.73. The molecule has 0 radical (unpaired) electrons. The van der Waals surface area contributed by atoms with Crippen LogP contribution in [0.3, 0.4) is 0 Å². The molecule has 7 heteroatoms. The smallest absolute Gasteiger partial charge is 0.253 e. The number of aromatic nitrogens is 1. The van der Waals surface area contributed by atoms with Gasteiger partial charge < -0.3 is 24.8 Å². The van der Waals surface area contributed by atoms with E-state index in [9.17, 15) is 4.79 Å². The Morgan fingerprint density at radius 2 is 1.90 bits per heavy atom. The predicted molar refractivity (Wildman–Crippen MR) is 132 cm³/mol. The molecule has 3 aromatic rings. The van der Waals surface area contributed by atoms with E-state index >= 15 is 0 Å². The minimum atomic E-state index is -0.0872. The molecule has 0 amide bonds. The summed E-state index contributed by atoms with van der Waals surface area (Å²) in [5.74, 6) is 0.719. The van der Waals surface area contributed by atoms with Gasteiger partial charge in [-0.2, -0.15) is 0 Å². The first kappa shape index (κ1) is 22.8. The monoisotopic (exact) mass is 438 g/mol. The fraction of sp³-hybridized carbons (Fsp3) is 0.333. The first-order valence-corrected chi connectivity index (χ1v) is 10.7.